The molecule has 0 spiro atoms. The first-order chi connectivity index (χ1) is 15.7. The second-order valence-electron chi connectivity index (χ2n) is 9.41. The van der Waals surface area contributed by atoms with Gasteiger partial charge in [0.1, 0.15) is 5.82 Å². The van der Waals surface area contributed by atoms with Crippen molar-refractivity contribution in [1.29, 1.82) is 0 Å². The highest BCUT2D eigenvalue weighted by Gasteiger charge is 2.24. The van der Waals surface area contributed by atoms with Gasteiger partial charge in [-0.3, -0.25) is 14.1 Å². The summed E-state index contributed by atoms with van der Waals surface area (Å²) in [5, 5.41) is 0.989. The van der Waals surface area contributed by atoms with Gasteiger partial charge in [-0.2, -0.15) is 0 Å². The third-order valence-corrected chi connectivity index (χ3v) is 6.75. The Kier molecular flexibility index (Phi) is 6.26. The van der Waals surface area contributed by atoms with Crippen molar-refractivity contribution in [2.24, 2.45) is 12.0 Å². The van der Waals surface area contributed by atoms with Crippen molar-refractivity contribution in [3.63, 3.8) is 0 Å². The molecule has 7 heteroatoms. The van der Waals surface area contributed by atoms with E-state index in [0.29, 0.717) is 6.04 Å². The predicted molar refractivity (Wildman–Crippen MR) is 138 cm³/mol. The number of hydrogen-bond acceptors (Lipinski definition) is 5. The summed E-state index contributed by atoms with van der Waals surface area (Å²) in [5.74, 6) is 0.903. The minimum absolute atomic E-state index is 0.0155. The number of aromatic nitrogens is 3. The summed E-state index contributed by atoms with van der Waals surface area (Å²) in [6.07, 6.45) is 7.07. The highest BCUT2D eigenvalue weighted by molar-refractivity contribution is 6.03. The summed E-state index contributed by atoms with van der Waals surface area (Å²) in [7, 11) is 6.06. The fourth-order valence-electron chi connectivity index (χ4n) is 4.68. The first kappa shape index (κ1) is 23.0. The number of aliphatic imine (C=N–C) groups is 1. The van der Waals surface area contributed by atoms with E-state index in [1.54, 1.807) is 17.8 Å². The number of allylic oxidation sites excluding steroid dienone is 3. The number of benzene rings is 1. The lowest BCUT2D eigenvalue weighted by Gasteiger charge is -2.21. The number of likely N-dealkylation sites (tertiary alicyclic amines) is 1. The highest BCUT2D eigenvalue weighted by atomic mass is 16.1. The van der Waals surface area contributed by atoms with E-state index in [1.807, 2.05) is 24.5 Å². The van der Waals surface area contributed by atoms with Crippen LogP contribution in [0, 0.1) is 0 Å². The normalized spacial score (nSPS) is 17.8. The van der Waals surface area contributed by atoms with Gasteiger partial charge < -0.3 is 9.80 Å². The van der Waals surface area contributed by atoms with Crippen LogP contribution in [-0.4, -0.2) is 63.9 Å². The number of nitrogens with zero attached hydrogens (tertiary/aromatic N) is 6. The maximum atomic E-state index is 12.8. The molecule has 1 atom stereocenters. The molecule has 1 aromatic carbocycles. The lowest BCUT2D eigenvalue weighted by Crippen LogP contribution is -2.31. The van der Waals surface area contributed by atoms with Crippen LogP contribution in [0.25, 0.3) is 27.5 Å². The fraction of sp³-hybridized carbons (Fsp3) is 0.423. The van der Waals surface area contributed by atoms with E-state index >= 15 is 0 Å². The molecule has 1 fully saturated rings. The Balaban J connectivity index is 1.75. The number of imidazole rings is 1. The lowest BCUT2D eigenvalue weighted by molar-refractivity contribution is 0.290. The van der Waals surface area contributed by atoms with Crippen LogP contribution in [-0.2, 0) is 7.05 Å². The van der Waals surface area contributed by atoms with Gasteiger partial charge in [-0.15, -0.1) is 0 Å². The Bertz CT molecular complexity index is 1320. The van der Waals surface area contributed by atoms with Gasteiger partial charge in [0.25, 0.3) is 0 Å². The largest absolute Gasteiger partial charge is 0.355 e. The van der Waals surface area contributed by atoms with E-state index in [0.717, 1.165) is 58.4 Å². The summed E-state index contributed by atoms with van der Waals surface area (Å²) in [4.78, 5) is 26.3. The molecule has 33 heavy (non-hydrogen) atoms. The van der Waals surface area contributed by atoms with E-state index in [9.17, 15) is 4.79 Å². The fourth-order valence-corrected chi connectivity index (χ4v) is 4.68. The Hall–Kier alpha value is -3.19. The van der Waals surface area contributed by atoms with Crippen LogP contribution in [0.4, 0.5) is 0 Å². The van der Waals surface area contributed by atoms with Crippen molar-refractivity contribution in [1.82, 2.24) is 23.9 Å². The molecule has 1 aliphatic rings. The van der Waals surface area contributed by atoms with Crippen molar-refractivity contribution in [2.75, 3.05) is 27.2 Å². The maximum absolute atomic E-state index is 12.8. The van der Waals surface area contributed by atoms with Gasteiger partial charge in [0.05, 0.1) is 22.7 Å². The van der Waals surface area contributed by atoms with Gasteiger partial charge in [-0.05, 0) is 77.4 Å². The molecule has 1 aliphatic heterocycles. The lowest BCUT2D eigenvalue weighted by atomic mass is 10.0. The second kappa shape index (κ2) is 8.98. The molecule has 3 heterocycles. The van der Waals surface area contributed by atoms with E-state index in [-0.39, 0.29) is 11.7 Å². The third kappa shape index (κ3) is 4.13. The zero-order valence-electron chi connectivity index (χ0n) is 20.5. The average Bonchev–Trinajstić information content (AvgIpc) is 3.38. The van der Waals surface area contributed by atoms with E-state index in [2.05, 4.69) is 71.8 Å². The standard InChI is InChI=1S/C26H34N6O/c1-17(2)32-25-21-14-19(9-10-22(21)28-15-23(25)30(7)26(32)33)18(3)8-11-24(27-4)31-13-12-20(16-31)29(5)6/h8-11,14-15,17,20H,4,12-13,16H2,1-3,5-7H3/b18-8+,24-11+/t20-/m0/s1. The summed E-state index contributed by atoms with van der Waals surface area (Å²) >= 11 is 0. The smallest absolute Gasteiger partial charge is 0.329 e. The predicted octanol–water partition coefficient (Wildman–Crippen LogP) is 4.05. The Morgan fingerprint density at radius 3 is 2.70 bits per heavy atom. The molecule has 4 rings (SSSR count). The molecule has 0 radical (unpaired) electrons. The van der Waals surface area contributed by atoms with Crippen molar-refractivity contribution in [3.8, 4) is 0 Å². The molecule has 0 N–H and O–H groups in total. The van der Waals surface area contributed by atoms with Crippen molar-refractivity contribution >= 4 is 34.2 Å². The number of fused-ring (bicyclic) bond motifs is 3. The monoisotopic (exact) mass is 446 g/mol. The van der Waals surface area contributed by atoms with Gasteiger partial charge in [0.15, 0.2) is 0 Å². The summed E-state index contributed by atoms with van der Waals surface area (Å²) in [6.45, 7) is 11.9. The molecular weight excluding hydrogens is 412 g/mol. The average molecular weight is 447 g/mol. The van der Waals surface area contributed by atoms with Gasteiger partial charge in [0.2, 0.25) is 0 Å². The van der Waals surface area contributed by atoms with E-state index in [4.69, 9.17) is 0 Å². The Morgan fingerprint density at radius 1 is 1.30 bits per heavy atom. The molecule has 1 saturated heterocycles. The Labute approximate surface area is 195 Å². The van der Waals surface area contributed by atoms with Crippen LogP contribution >= 0.6 is 0 Å². The van der Waals surface area contributed by atoms with Gasteiger partial charge in [0, 0.05) is 37.6 Å². The van der Waals surface area contributed by atoms with Crippen LogP contribution in [0.1, 0.15) is 38.8 Å². The summed E-state index contributed by atoms with van der Waals surface area (Å²) in [6, 6.07) is 6.85. The highest BCUT2D eigenvalue weighted by Crippen LogP contribution is 2.28. The van der Waals surface area contributed by atoms with Crippen LogP contribution in [0.2, 0.25) is 0 Å². The van der Waals surface area contributed by atoms with Gasteiger partial charge >= 0.3 is 5.69 Å². The number of hydrogen-bond donors (Lipinski definition) is 0. The van der Waals surface area contributed by atoms with E-state index in [1.165, 1.54) is 0 Å². The van der Waals surface area contributed by atoms with Crippen LogP contribution in [0.3, 0.4) is 0 Å². The molecule has 0 aliphatic carbocycles. The first-order valence-corrected chi connectivity index (χ1v) is 11.5. The minimum Gasteiger partial charge on any atom is -0.355 e. The zero-order chi connectivity index (χ0) is 23.9. The topological polar surface area (TPSA) is 58.7 Å². The Morgan fingerprint density at radius 2 is 2.06 bits per heavy atom. The molecule has 0 amide bonds. The first-order valence-electron chi connectivity index (χ1n) is 11.5. The minimum atomic E-state index is -0.0155. The number of pyridine rings is 1. The number of rotatable bonds is 6. The summed E-state index contributed by atoms with van der Waals surface area (Å²) in [5.41, 5.74) is 4.87. The van der Waals surface area contributed by atoms with Gasteiger partial charge in [-0.1, -0.05) is 12.1 Å². The van der Waals surface area contributed by atoms with E-state index < -0.39 is 0 Å². The zero-order valence-corrected chi connectivity index (χ0v) is 20.5. The quantitative estimate of drug-likeness (QED) is 0.423. The van der Waals surface area contributed by atoms with Crippen molar-refractivity contribution < 1.29 is 0 Å². The van der Waals surface area contributed by atoms with Crippen LogP contribution < -0.4 is 5.69 Å². The SMILES string of the molecule is C=N/C(=C\C=C(/C)c1ccc2ncc3c(c2c1)n(C(C)C)c(=O)n3C)N1CC[C@H](N(C)C)C1. The molecule has 2 aromatic heterocycles. The maximum Gasteiger partial charge on any atom is 0.329 e. The second-order valence-corrected chi connectivity index (χ2v) is 9.41. The molecule has 0 saturated carbocycles. The summed E-state index contributed by atoms with van der Waals surface area (Å²) < 4.78 is 3.54. The van der Waals surface area contributed by atoms with Crippen molar-refractivity contribution in [2.45, 2.75) is 39.3 Å². The van der Waals surface area contributed by atoms with Crippen LogP contribution in [0.5, 0.6) is 0 Å². The molecule has 3 aromatic rings. The molecule has 174 valence electrons. The number of likely N-dealkylation sites (N-methyl/N-ethyl adjacent to an activating group) is 1. The van der Waals surface area contributed by atoms with Crippen LogP contribution in [0.15, 0.2) is 52.2 Å². The number of aryl methyl sites for hydroxylation is 1. The molecule has 7 nitrogen and oxygen atoms in total. The third-order valence-electron chi connectivity index (χ3n) is 6.75. The molecular formula is C26H34N6O. The van der Waals surface area contributed by atoms with Crippen molar-refractivity contribution in [3.05, 3.63) is 58.4 Å². The van der Waals surface area contributed by atoms with Gasteiger partial charge in [-0.25, -0.2) is 9.79 Å². The molecule has 0 bridgehead atoms. The molecule has 0 unspecified atom stereocenters.